The molecule has 2 rings (SSSR count). The Balaban J connectivity index is 1.85. The molecule has 1 heterocycles. The fourth-order valence-corrected chi connectivity index (χ4v) is 2.21. The molecule has 0 fully saturated rings. The van der Waals surface area contributed by atoms with Crippen molar-refractivity contribution in [3.63, 3.8) is 0 Å². The monoisotopic (exact) mass is 302 g/mol. The standard InChI is InChI=1S/C16H22N4O2/c1-11(2)19-16(22)10-17-15(21)6-7-20-14-8-12(3)4-5-13(14)9-18-20/h4-5,8-9,11H,6-7,10H2,1-3H3,(H,17,21)(H,19,22). The Morgan fingerprint density at radius 3 is 2.77 bits per heavy atom. The van der Waals surface area contributed by atoms with Crippen molar-refractivity contribution in [3.8, 4) is 0 Å². The third kappa shape index (κ3) is 4.31. The number of aromatic nitrogens is 2. The third-order valence-corrected chi connectivity index (χ3v) is 3.25. The van der Waals surface area contributed by atoms with Crippen molar-refractivity contribution in [1.29, 1.82) is 0 Å². The Hall–Kier alpha value is -2.37. The minimum Gasteiger partial charge on any atom is -0.352 e. The van der Waals surface area contributed by atoms with Gasteiger partial charge in [-0.2, -0.15) is 5.10 Å². The minimum absolute atomic E-state index is 0.00990. The van der Waals surface area contributed by atoms with Gasteiger partial charge in [-0.1, -0.05) is 12.1 Å². The van der Waals surface area contributed by atoms with Crippen molar-refractivity contribution in [2.24, 2.45) is 0 Å². The van der Waals surface area contributed by atoms with E-state index in [4.69, 9.17) is 0 Å². The van der Waals surface area contributed by atoms with Crippen LogP contribution >= 0.6 is 0 Å². The van der Waals surface area contributed by atoms with Crippen molar-refractivity contribution >= 4 is 22.7 Å². The molecule has 0 bridgehead atoms. The quantitative estimate of drug-likeness (QED) is 0.846. The van der Waals surface area contributed by atoms with E-state index in [1.807, 2.05) is 37.6 Å². The second-order valence-electron chi connectivity index (χ2n) is 5.68. The Labute approximate surface area is 129 Å². The number of amides is 2. The van der Waals surface area contributed by atoms with Gasteiger partial charge in [-0.05, 0) is 32.4 Å². The number of nitrogens with one attached hydrogen (secondary N) is 2. The lowest BCUT2D eigenvalue weighted by Crippen LogP contribution is -2.40. The van der Waals surface area contributed by atoms with Crippen LogP contribution in [0.1, 0.15) is 25.8 Å². The Bertz CT molecular complexity index is 676. The third-order valence-electron chi connectivity index (χ3n) is 3.25. The van der Waals surface area contributed by atoms with Crippen molar-refractivity contribution in [3.05, 3.63) is 30.0 Å². The zero-order valence-electron chi connectivity index (χ0n) is 13.2. The molecule has 2 N–H and O–H groups in total. The molecular weight excluding hydrogens is 280 g/mol. The second kappa shape index (κ2) is 7.06. The predicted molar refractivity (Wildman–Crippen MR) is 85.4 cm³/mol. The van der Waals surface area contributed by atoms with Crippen LogP contribution in [-0.4, -0.2) is 34.2 Å². The van der Waals surface area contributed by atoms with E-state index in [0.717, 1.165) is 16.5 Å². The van der Waals surface area contributed by atoms with Gasteiger partial charge < -0.3 is 10.6 Å². The minimum atomic E-state index is -0.177. The number of benzene rings is 1. The van der Waals surface area contributed by atoms with E-state index in [0.29, 0.717) is 13.0 Å². The maximum absolute atomic E-state index is 11.8. The molecular formula is C16H22N4O2. The number of nitrogens with zero attached hydrogens (tertiary/aromatic N) is 2. The molecule has 1 aromatic heterocycles. The van der Waals surface area contributed by atoms with E-state index in [-0.39, 0.29) is 24.4 Å². The maximum atomic E-state index is 11.8. The highest BCUT2D eigenvalue weighted by atomic mass is 16.2. The number of carbonyl (C=O) groups is 2. The molecule has 6 nitrogen and oxygen atoms in total. The molecule has 0 atom stereocenters. The van der Waals surface area contributed by atoms with Crippen LogP contribution in [0.3, 0.4) is 0 Å². The lowest BCUT2D eigenvalue weighted by Gasteiger charge is -2.09. The van der Waals surface area contributed by atoms with Gasteiger partial charge in [-0.15, -0.1) is 0 Å². The van der Waals surface area contributed by atoms with E-state index in [1.54, 1.807) is 6.20 Å². The molecule has 1 aromatic carbocycles. The highest BCUT2D eigenvalue weighted by Gasteiger charge is 2.08. The summed E-state index contributed by atoms with van der Waals surface area (Å²) >= 11 is 0. The molecule has 0 unspecified atom stereocenters. The Morgan fingerprint density at radius 2 is 2.05 bits per heavy atom. The van der Waals surface area contributed by atoms with Crippen LogP contribution in [-0.2, 0) is 16.1 Å². The van der Waals surface area contributed by atoms with Crippen LogP contribution in [0.4, 0.5) is 0 Å². The Morgan fingerprint density at radius 1 is 1.27 bits per heavy atom. The van der Waals surface area contributed by atoms with Crippen molar-refractivity contribution in [2.75, 3.05) is 6.54 Å². The molecule has 0 radical (unpaired) electrons. The van der Waals surface area contributed by atoms with Crippen LogP contribution in [0, 0.1) is 6.92 Å². The van der Waals surface area contributed by atoms with Crippen LogP contribution in [0.2, 0.25) is 0 Å². The van der Waals surface area contributed by atoms with Gasteiger partial charge >= 0.3 is 0 Å². The van der Waals surface area contributed by atoms with Crippen LogP contribution < -0.4 is 10.6 Å². The normalized spacial score (nSPS) is 10.9. The van der Waals surface area contributed by atoms with E-state index >= 15 is 0 Å². The molecule has 0 aliphatic carbocycles. The first kappa shape index (κ1) is 16.0. The van der Waals surface area contributed by atoms with E-state index < -0.39 is 0 Å². The molecule has 6 heteroatoms. The summed E-state index contributed by atoms with van der Waals surface area (Å²) in [5.74, 6) is -0.335. The van der Waals surface area contributed by atoms with E-state index in [9.17, 15) is 9.59 Å². The summed E-state index contributed by atoms with van der Waals surface area (Å²) in [5.41, 5.74) is 2.18. The largest absolute Gasteiger partial charge is 0.352 e. The van der Waals surface area contributed by atoms with Crippen LogP contribution in [0.5, 0.6) is 0 Å². The van der Waals surface area contributed by atoms with Gasteiger partial charge in [0, 0.05) is 17.8 Å². The number of carbonyl (C=O) groups excluding carboxylic acids is 2. The summed E-state index contributed by atoms with van der Waals surface area (Å²) in [6.07, 6.45) is 2.09. The molecule has 22 heavy (non-hydrogen) atoms. The molecule has 0 spiro atoms. The molecule has 2 aromatic rings. The molecule has 0 aliphatic heterocycles. The summed E-state index contributed by atoms with van der Waals surface area (Å²) in [4.78, 5) is 23.3. The lowest BCUT2D eigenvalue weighted by atomic mass is 10.2. The topological polar surface area (TPSA) is 76.0 Å². The molecule has 0 saturated carbocycles. The summed E-state index contributed by atoms with van der Waals surface area (Å²) < 4.78 is 1.82. The second-order valence-corrected chi connectivity index (χ2v) is 5.68. The number of hydrogen-bond donors (Lipinski definition) is 2. The van der Waals surface area contributed by atoms with Gasteiger partial charge in [-0.25, -0.2) is 0 Å². The molecule has 2 amide bonds. The van der Waals surface area contributed by atoms with Gasteiger partial charge in [-0.3, -0.25) is 14.3 Å². The molecule has 0 saturated heterocycles. The van der Waals surface area contributed by atoms with Gasteiger partial charge in [0.1, 0.15) is 0 Å². The fourth-order valence-electron chi connectivity index (χ4n) is 2.21. The number of rotatable bonds is 6. The molecule has 118 valence electrons. The van der Waals surface area contributed by atoms with E-state index in [2.05, 4.69) is 21.8 Å². The van der Waals surface area contributed by atoms with Gasteiger partial charge in [0.05, 0.1) is 24.8 Å². The van der Waals surface area contributed by atoms with Crippen LogP contribution in [0.25, 0.3) is 10.9 Å². The first-order chi connectivity index (χ1) is 10.5. The highest BCUT2D eigenvalue weighted by Crippen LogP contribution is 2.15. The van der Waals surface area contributed by atoms with Crippen molar-refractivity contribution in [1.82, 2.24) is 20.4 Å². The van der Waals surface area contributed by atoms with E-state index in [1.165, 1.54) is 0 Å². The van der Waals surface area contributed by atoms with Gasteiger partial charge in [0.2, 0.25) is 11.8 Å². The lowest BCUT2D eigenvalue weighted by molar-refractivity contribution is -0.126. The van der Waals surface area contributed by atoms with Crippen LogP contribution in [0.15, 0.2) is 24.4 Å². The Kier molecular flexibility index (Phi) is 5.14. The van der Waals surface area contributed by atoms with Gasteiger partial charge in [0.15, 0.2) is 0 Å². The molecule has 0 aliphatic rings. The first-order valence-corrected chi connectivity index (χ1v) is 7.44. The zero-order valence-corrected chi connectivity index (χ0v) is 13.2. The highest BCUT2D eigenvalue weighted by molar-refractivity contribution is 5.85. The number of hydrogen-bond acceptors (Lipinski definition) is 3. The van der Waals surface area contributed by atoms with Crippen molar-refractivity contribution < 1.29 is 9.59 Å². The first-order valence-electron chi connectivity index (χ1n) is 7.44. The zero-order chi connectivity index (χ0) is 16.1. The number of aryl methyl sites for hydroxylation is 2. The summed E-state index contributed by atoms with van der Waals surface area (Å²) in [5, 5.41) is 10.7. The number of fused-ring (bicyclic) bond motifs is 1. The smallest absolute Gasteiger partial charge is 0.239 e. The summed E-state index contributed by atoms with van der Waals surface area (Å²) in [7, 11) is 0. The predicted octanol–water partition coefficient (Wildman–Crippen LogP) is 1.38. The average Bonchev–Trinajstić information content (AvgIpc) is 2.84. The van der Waals surface area contributed by atoms with Crippen molar-refractivity contribution in [2.45, 2.75) is 39.8 Å². The SMILES string of the molecule is Cc1ccc2cnn(CCC(=O)NCC(=O)NC(C)C)c2c1. The fraction of sp³-hybridized carbons (Fsp3) is 0.438. The maximum Gasteiger partial charge on any atom is 0.239 e. The summed E-state index contributed by atoms with van der Waals surface area (Å²) in [6, 6.07) is 6.18. The average molecular weight is 302 g/mol. The summed E-state index contributed by atoms with van der Waals surface area (Å²) in [6.45, 7) is 6.28. The van der Waals surface area contributed by atoms with Gasteiger partial charge in [0.25, 0.3) is 0 Å².